The molecule has 0 unspecified atom stereocenters. The molecule has 0 amide bonds. The highest BCUT2D eigenvalue weighted by Crippen LogP contribution is 2.28. The summed E-state index contributed by atoms with van der Waals surface area (Å²) in [6.45, 7) is 1.64. The summed E-state index contributed by atoms with van der Waals surface area (Å²) in [4.78, 5) is 17.8. The number of aromatic nitrogens is 4. The molecule has 0 aromatic carbocycles. The minimum absolute atomic E-state index is 0.263. The van der Waals surface area contributed by atoms with E-state index in [1.165, 1.54) is 0 Å². The largest absolute Gasteiger partial charge is 0.349 e. The van der Waals surface area contributed by atoms with Crippen LogP contribution < -0.4 is 4.90 Å². The van der Waals surface area contributed by atoms with Gasteiger partial charge in [0.15, 0.2) is 0 Å². The van der Waals surface area contributed by atoms with Crippen LogP contribution in [-0.4, -0.2) is 26.5 Å². The van der Waals surface area contributed by atoms with Gasteiger partial charge in [-0.15, -0.1) is 0 Å². The Morgan fingerprint density at radius 1 is 1.41 bits per heavy atom. The van der Waals surface area contributed by atoms with E-state index in [0.29, 0.717) is 0 Å². The molecule has 3 heterocycles. The van der Waals surface area contributed by atoms with Gasteiger partial charge in [0.25, 0.3) is 0 Å². The van der Waals surface area contributed by atoms with Crippen molar-refractivity contribution in [1.29, 1.82) is 0 Å². The molecule has 1 aliphatic rings. The SMILES string of the molecule is Clc1ncc(Br)c(N2CCc3nc[nH]c3C2)n1. The summed E-state index contributed by atoms with van der Waals surface area (Å²) < 4.78 is 0.852. The van der Waals surface area contributed by atoms with Gasteiger partial charge >= 0.3 is 0 Å². The van der Waals surface area contributed by atoms with E-state index in [4.69, 9.17) is 11.6 Å². The second-order valence-electron chi connectivity index (χ2n) is 3.81. The zero-order chi connectivity index (χ0) is 11.8. The highest BCUT2D eigenvalue weighted by Gasteiger charge is 2.21. The molecule has 0 saturated carbocycles. The van der Waals surface area contributed by atoms with E-state index in [-0.39, 0.29) is 5.28 Å². The number of nitrogens with zero attached hydrogens (tertiary/aromatic N) is 4. The maximum atomic E-state index is 5.83. The summed E-state index contributed by atoms with van der Waals surface area (Å²) in [7, 11) is 0. The average Bonchev–Trinajstić information content (AvgIpc) is 2.79. The lowest BCUT2D eigenvalue weighted by Gasteiger charge is -2.27. The molecule has 17 heavy (non-hydrogen) atoms. The zero-order valence-electron chi connectivity index (χ0n) is 8.82. The zero-order valence-corrected chi connectivity index (χ0v) is 11.2. The van der Waals surface area contributed by atoms with Crippen LogP contribution in [0, 0.1) is 0 Å². The monoisotopic (exact) mass is 313 g/mol. The van der Waals surface area contributed by atoms with Gasteiger partial charge in [0.2, 0.25) is 5.28 Å². The van der Waals surface area contributed by atoms with Crippen molar-refractivity contribution in [2.75, 3.05) is 11.4 Å². The first-order valence-corrected chi connectivity index (χ1v) is 6.35. The molecule has 2 aromatic heterocycles. The Hall–Kier alpha value is -1.14. The molecule has 7 heteroatoms. The number of imidazole rings is 1. The van der Waals surface area contributed by atoms with Crippen LogP contribution in [0.25, 0.3) is 0 Å². The van der Waals surface area contributed by atoms with Crippen molar-refractivity contribution in [3.05, 3.63) is 33.7 Å². The lowest BCUT2D eigenvalue weighted by atomic mass is 10.1. The van der Waals surface area contributed by atoms with Crippen LogP contribution in [0.5, 0.6) is 0 Å². The van der Waals surface area contributed by atoms with E-state index in [9.17, 15) is 0 Å². The van der Waals surface area contributed by atoms with Crippen LogP contribution in [0.1, 0.15) is 11.4 Å². The topological polar surface area (TPSA) is 57.7 Å². The Morgan fingerprint density at radius 3 is 3.18 bits per heavy atom. The standard InChI is InChI=1S/C10H9BrClN5/c11-6-3-13-10(12)16-9(6)17-2-1-7-8(4-17)15-5-14-7/h3,5H,1-2,4H2,(H,14,15). The molecule has 0 atom stereocenters. The summed E-state index contributed by atoms with van der Waals surface area (Å²) in [5.74, 6) is 0.824. The minimum atomic E-state index is 0.263. The molecular formula is C10H9BrClN5. The number of hydrogen-bond donors (Lipinski definition) is 1. The maximum absolute atomic E-state index is 5.83. The Labute approximate surface area is 111 Å². The molecule has 1 N–H and O–H groups in total. The highest BCUT2D eigenvalue weighted by molar-refractivity contribution is 9.10. The van der Waals surface area contributed by atoms with Crippen molar-refractivity contribution >= 4 is 33.3 Å². The first kappa shape index (κ1) is 11.0. The fourth-order valence-corrected chi connectivity index (χ4v) is 2.52. The molecule has 0 fully saturated rings. The van der Waals surface area contributed by atoms with E-state index in [0.717, 1.165) is 41.2 Å². The van der Waals surface area contributed by atoms with Gasteiger partial charge in [0, 0.05) is 19.2 Å². The van der Waals surface area contributed by atoms with Crippen LogP contribution in [0.3, 0.4) is 0 Å². The van der Waals surface area contributed by atoms with Gasteiger partial charge in [0.05, 0.1) is 28.7 Å². The number of nitrogens with one attached hydrogen (secondary N) is 1. The van der Waals surface area contributed by atoms with Gasteiger partial charge in [-0.25, -0.2) is 9.97 Å². The average molecular weight is 315 g/mol. The smallest absolute Gasteiger partial charge is 0.224 e. The fourth-order valence-electron chi connectivity index (χ4n) is 1.95. The number of aromatic amines is 1. The Morgan fingerprint density at radius 2 is 2.29 bits per heavy atom. The molecular weight excluding hydrogens is 306 g/mol. The highest BCUT2D eigenvalue weighted by atomic mass is 79.9. The second-order valence-corrected chi connectivity index (χ2v) is 5.00. The normalized spacial score (nSPS) is 14.8. The Bertz CT molecular complexity index is 555. The number of halogens is 2. The molecule has 0 radical (unpaired) electrons. The van der Waals surface area contributed by atoms with E-state index < -0.39 is 0 Å². The van der Waals surface area contributed by atoms with Crippen LogP contribution in [0.15, 0.2) is 17.0 Å². The van der Waals surface area contributed by atoms with E-state index in [2.05, 4.69) is 40.8 Å². The maximum Gasteiger partial charge on any atom is 0.224 e. The predicted octanol–water partition coefficient (Wildman–Crippen LogP) is 2.18. The summed E-state index contributed by atoms with van der Waals surface area (Å²) in [5.41, 5.74) is 2.27. The number of H-pyrrole nitrogens is 1. The van der Waals surface area contributed by atoms with Gasteiger partial charge < -0.3 is 9.88 Å². The van der Waals surface area contributed by atoms with E-state index >= 15 is 0 Å². The van der Waals surface area contributed by atoms with E-state index in [1.54, 1.807) is 12.5 Å². The van der Waals surface area contributed by atoms with Crippen LogP contribution >= 0.6 is 27.5 Å². The first-order chi connectivity index (χ1) is 8.24. The summed E-state index contributed by atoms with van der Waals surface area (Å²) in [6.07, 6.45) is 4.32. The summed E-state index contributed by atoms with van der Waals surface area (Å²) >= 11 is 9.27. The van der Waals surface area contributed by atoms with Crippen molar-refractivity contribution in [3.63, 3.8) is 0 Å². The summed E-state index contributed by atoms with van der Waals surface area (Å²) in [5, 5.41) is 0.263. The third-order valence-electron chi connectivity index (χ3n) is 2.77. The van der Waals surface area contributed by atoms with Crippen molar-refractivity contribution in [2.24, 2.45) is 0 Å². The molecule has 3 rings (SSSR count). The fraction of sp³-hybridized carbons (Fsp3) is 0.300. The van der Waals surface area contributed by atoms with Crippen molar-refractivity contribution in [3.8, 4) is 0 Å². The van der Waals surface area contributed by atoms with Crippen molar-refractivity contribution in [2.45, 2.75) is 13.0 Å². The molecule has 1 aliphatic heterocycles. The quantitative estimate of drug-likeness (QED) is 0.820. The number of anilines is 1. The summed E-state index contributed by atoms with van der Waals surface area (Å²) in [6, 6.07) is 0. The molecule has 88 valence electrons. The van der Waals surface area contributed by atoms with Gasteiger partial charge in [-0.3, -0.25) is 0 Å². The molecule has 0 aliphatic carbocycles. The number of hydrogen-bond acceptors (Lipinski definition) is 4. The molecule has 5 nitrogen and oxygen atoms in total. The van der Waals surface area contributed by atoms with Crippen LogP contribution in [-0.2, 0) is 13.0 Å². The first-order valence-electron chi connectivity index (χ1n) is 5.18. The molecule has 0 saturated heterocycles. The van der Waals surface area contributed by atoms with Crippen molar-refractivity contribution < 1.29 is 0 Å². The van der Waals surface area contributed by atoms with Gasteiger partial charge in [-0.1, -0.05) is 0 Å². The third kappa shape index (κ3) is 2.02. The van der Waals surface area contributed by atoms with Crippen LogP contribution in [0.2, 0.25) is 5.28 Å². The molecule has 2 aromatic rings. The Balaban J connectivity index is 1.94. The van der Waals surface area contributed by atoms with Crippen LogP contribution in [0.4, 0.5) is 5.82 Å². The van der Waals surface area contributed by atoms with Gasteiger partial charge in [-0.05, 0) is 27.5 Å². The van der Waals surface area contributed by atoms with Crippen molar-refractivity contribution in [1.82, 2.24) is 19.9 Å². The molecule has 0 spiro atoms. The lowest BCUT2D eigenvalue weighted by molar-refractivity contribution is 0.698. The lowest BCUT2D eigenvalue weighted by Crippen LogP contribution is -2.31. The van der Waals surface area contributed by atoms with E-state index in [1.807, 2.05) is 0 Å². The third-order valence-corrected chi connectivity index (χ3v) is 3.51. The number of fused-ring (bicyclic) bond motifs is 1. The molecule has 0 bridgehead atoms. The minimum Gasteiger partial charge on any atom is -0.349 e. The number of rotatable bonds is 1. The van der Waals surface area contributed by atoms with Gasteiger partial charge in [0.1, 0.15) is 5.82 Å². The van der Waals surface area contributed by atoms with Gasteiger partial charge in [-0.2, -0.15) is 4.98 Å². The predicted molar refractivity (Wildman–Crippen MR) is 68.1 cm³/mol. The second kappa shape index (κ2) is 4.27. The Kier molecular flexibility index (Phi) is 2.76.